The van der Waals surface area contributed by atoms with Crippen LogP contribution < -0.4 is 10.6 Å². The molecular weight excluding hydrogens is 298 g/mol. The lowest BCUT2D eigenvalue weighted by atomic mass is 9.95. The summed E-state index contributed by atoms with van der Waals surface area (Å²) < 4.78 is 0. The minimum absolute atomic E-state index is 0.169. The van der Waals surface area contributed by atoms with Gasteiger partial charge in [0.1, 0.15) is 0 Å². The quantitative estimate of drug-likeness (QED) is 0.868. The van der Waals surface area contributed by atoms with Crippen LogP contribution in [0, 0.1) is 11.3 Å². The van der Waals surface area contributed by atoms with Gasteiger partial charge >= 0.3 is 0 Å². The monoisotopic (exact) mass is 319 g/mol. The summed E-state index contributed by atoms with van der Waals surface area (Å²) in [5, 5.41) is 15.4. The number of carbonyl (C=O) groups excluding carboxylic acids is 1. The van der Waals surface area contributed by atoms with Gasteiger partial charge in [-0.2, -0.15) is 5.26 Å². The summed E-state index contributed by atoms with van der Waals surface area (Å²) in [5.74, 6) is -0.169. The van der Waals surface area contributed by atoms with Gasteiger partial charge in [0.05, 0.1) is 23.0 Å². The molecule has 24 heavy (non-hydrogen) atoms. The number of rotatable bonds is 4. The molecule has 4 nitrogen and oxygen atoms in total. The lowest BCUT2D eigenvalue weighted by Gasteiger charge is -2.25. The van der Waals surface area contributed by atoms with Gasteiger partial charge < -0.3 is 10.6 Å². The molecule has 1 aliphatic carbocycles. The van der Waals surface area contributed by atoms with Gasteiger partial charge in [-0.05, 0) is 49.2 Å². The SMILES string of the molecule is N#Cc1ccc(C(=O)Nc2ccccc2NC2CCCCC2)cc1. The first-order valence-corrected chi connectivity index (χ1v) is 8.43. The molecule has 0 aromatic heterocycles. The molecule has 0 atom stereocenters. The van der Waals surface area contributed by atoms with Crippen LogP contribution in [0.15, 0.2) is 48.5 Å². The first-order valence-electron chi connectivity index (χ1n) is 8.43. The predicted octanol–water partition coefficient (Wildman–Crippen LogP) is 4.56. The second kappa shape index (κ2) is 7.65. The van der Waals surface area contributed by atoms with Crippen LogP contribution in [0.4, 0.5) is 11.4 Å². The highest BCUT2D eigenvalue weighted by atomic mass is 16.1. The number of para-hydroxylation sites is 2. The van der Waals surface area contributed by atoms with Gasteiger partial charge in [0.2, 0.25) is 0 Å². The molecule has 0 bridgehead atoms. The molecule has 0 unspecified atom stereocenters. The second-order valence-corrected chi connectivity index (χ2v) is 6.17. The number of amides is 1. The minimum Gasteiger partial charge on any atom is -0.381 e. The Balaban J connectivity index is 1.72. The molecule has 0 spiro atoms. The largest absolute Gasteiger partial charge is 0.381 e. The normalized spacial score (nSPS) is 14.6. The van der Waals surface area contributed by atoms with E-state index in [2.05, 4.69) is 16.7 Å². The summed E-state index contributed by atoms with van der Waals surface area (Å²) in [5.41, 5.74) is 2.84. The molecule has 0 heterocycles. The Bertz CT molecular complexity index is 740. The summed E-state index contributed by atoms with van der Waals surface area (Å²) in [7, 11) is 0. The molecule has 0 saturated heterocycles. The molecule has 122 valence electrons. The van der Waals surface area contributed by atoms with E-state index in [-0.39, 0.29) is 5.91 Å². The number of hydrogen-bond donors (Lipinski definition) is 2. The summed E-state index contributed by atoms with van der Waals surface area (Å²) in [6.07, 6.45) is 6.19. The van der Waals surface area contributed by atoms with Crippen LogP contribution in [0.25, 0.3) is 0 Å². The third-order valence-electron chi connectivity index (χ3n) is 4.42. The van der Waals surface area contributed by atoms with E-state index in [4.69, 9.17) is 5.26 Å². The summed E-state index contributed by atoms with van der Waals surface area (Å²) in [4.78, 5) is 12.4. The second-order valence-electron chi connectivity index (χ2n) is 6.17. The molecule has 2 N–H and O–H groups in total. The Morgan fingerprint density at radius 3 is 2.29 bits per heavy atom. The smallest absolute Gasteiger partial charge is 0.255 e. The third kappa shape index (κ3) is 3.94. The van der Waals surface area contributed by atoms with Crippen molar-refractivity contribution in [2.24, 2.45) is 0 Å². The van der Waals surface area contributed by atoms with E-state index in [1.54, 1.807) is 24.3 Å². The van der Waals surface area contributed by atoms with Gasteiger partial charge in [0.25, 0.3) is 5.91 Å². The van der Waals surface area contributed by atoms with Crippen LogP contribution in [0.1, 0.15) is 48.0 Å². The van der Waals surface area contributed by atoms with Crippen LogP contribution in [-0.2, 0) is 0 Å². The molecule has 2 aromatic carbocycles. The predicted molar refractivity (Wildman–Crippen MR) is 96.0 cm³/mol. The molecule has 4 heteroatoms. The fourth-order valence-corrected chi connectivity index (χ4v) is 3.08. The third-order valence-corrected chi connectivity index (χ3v) is 4.42. The zero-order chi connectivity index (χ0) is 16.8. The van der Waals surface area contributed by atoms with Gasteiger partial charge in [-0.15, -0.1) is 0 Å². The Labute approximate surface area is 142 Å². The fraction of sp³-hybridized carbons (Fsp3) is 0.300. The molecule has 1 fully saturated rings. The van der Waals surface area contributed by atoms with Gasteiger partial charge in [-0.25, -0.2) is 0 Å². The molecule has 1 amide bonds. The zero-order valence-corrected chi connectivity index (χ0v) is 13.6. The maximum Gasteiger partial charge on any atom is 0.255 e. The Morgan fingerprint density at radius 2 is 1.62 bits per heavy atom. The lowest BCUT2D eigenvalue weighted by molar-refractivity contribution is 0.102. The van der Waals surface area contributed by atoms with Crippen molar-refractivity contribution in [3.8, 4) is 6.07 Å². The molecular formula is C20H21N3O. The van der Waals surface area contributed by atoms with Crippen molar-refractivity contribution in [3.05, 3.63) is 59.7 Å². The summed E-state index contributed by atoms with van der Waals surface area (Å²) in [6.45, 7) is 0. The molecule has 2 aromatic rings. The Hall–Kier alpha value is -2.80. The maximum atomic E-state index is 12.4. The highest BCUT2D eigenvalue weighted by Gasteiger charge is 2.15. The van der Waals surface area contributed by atoms with Crippen molar-refractivity contribution in [2.75, 3.05) is 10.6 Å². The van der Waals surface area contributed by atoms with E-state index in [9.17, 15) is 4.79 Å². The number of nitrogens with one attached hydrogen (secondary N) is 2. The van der Waals surface area contributed by atoms with Gasteiger partial charge in [0.15, 0.2) is 0 Å². The lowest BCUT2D eigenvalue weighted by Crippen LogP contribution is -2.23. The van der Waals surface area contributed by atoms with Gasteiger partial charge in [0, 0.05) is 11.6 Å². The van der Waals surface area contributed by atoms with E-state index >= 15 is 0 Å². The first kappa shape index (κ1) is 16.1. The number of nitrogens with zero attached hydrogens (tertiary/aromatic N) is 1. The van der Waals surface area contributed by atoms with E-state index in [0.29, 0.717) is 17.2 Å². The van der Waals surface area contributed by atoms with Crippen molar-refractivity contribution in [3.63, 3.8) is 0 Å². The Kier molecular flexibility index (Phi) is 5.12. The van der Waals surface area contributed by atoms with Gasteiger partial charge in [-0.1, -0.05) is 31.4 Å². The van der Waals surface area contributed by atoms with Crippen molar-refractivity contribution in [2.45, 2.75) is 38.1 Å². The fourth-order valence-electron chi connectivity index (χ4n) is 3.08. The van der Waals surface area contributed by atoms with Crippen LogP contribution >= 0.6 is 0 Å². The highest BCUT2D eigenvalue weighted by molar-refractivity contribution is 6.05. The number of nitriles is 1. The average Bonchev–Trinajstić information content (AvgIpc) is 2.64. The molecule has 0 radical (unpaired) electrons. The number of hydrogen-bond acceptors (Lipinski definition) is 3. The average molecular weight is 319 g/mol. The van der Waals surface area contributed by atoms with Crippen molar-refractivity contribution >= 4 is 17.3 Å². The number of benzene rings is 2. The van der Waals surface area contributed by atoms with E-state index in [0.717, 1.165) is 11.4 Å². The summed E-state index contributed by atoms with van der Waals surface area (Å²) >= 11 is 0. The van der Waals surface area contributed by atoms with Crippen LogP contribution in [0.5, 0.6) is 0 Å². The van der Waals surface area contributed by atoms with E-state index in [1.165, 1.54) is 32.1 Å². The molecule has 3 rings (SSSR count). The van der Waals surface area contributed by atoms with Crippen molar-refractivity contribution in [1.29, 1.82) is 5.26 Å². The zero-order valence-electron chi connectivity index (χ0n) is 13.6. The van der Waals surface area contributed by atoms with E-state index in [1.807, 2.05) is 24.3 Å². The van der Waals surface area contributed by atoms with Crippen LogP contribution in [0.3, 0.4) is 0 Å². The first-order chi connectivity index (χ1) is 11.8. The van der Waals surface area contributed by atoms with Crippen molar-refractivity contribution in [1.82, 2.24) is 0 Å². The molecule has 1 saturated carbocycles. The van der Waals surface area contributed by atoms with Crippen LogP contribution in [-0.4, -0.2) is 11.9 Å². The molecule has 1 aliphatic rings. The van der Waals surface area contributed by atoms with Crippen LogP contribution in [0.2, 0.25) is 0 Å². The number of anilines is 2. The van der Waals surface area contributed by atoms with Crippen molar-refractivity contribution < 1.29 is 4.79 Å². The van der Waals surface area contributed by atoms with Gasteiger partial charge in [-0.3, -0.25) is 4.79 Å². The van der Waals surface area contributed by atoms with E-state index < -0.39 is 0 Å². The minimum atomic E-state index is -0.169. The standard InChI is InChI=1S/C20H21N3O/c21-14-15-10-12-16(13-11-15)20(24)23-19-9-5-4-8-18(19)22-17-6-2-1-3-7-17/h4-5,8-13,17,22H,1-3,6-7H2,(H,23,24). The Morgan fingerprint density at radius 1 is 0.958 bits per heavy atom. The topological polar surface area (TPSA) is 64.9 Å². The highest BCUT2D eigenvalue weighted by Crippen LogP contribution is 2.27. The molecule has 0 aliphatic heterocycles. The maximum absolute atomic E-state index is 12.4. The number of carbonyl (C=O) groups is 1. The summed E-state index contributed by atoms with van der Waals surface area (Å²) in [6, 6.07) is 17.0.